The van der Waals surface area contributed by atoms with Crippen LogP contribution in [0.4, 0.5) is 18.3 Å². The fourth-order valence-corrected chi connectivity index (χ4v) is 3.74. The number of benzene rings is 1. The first-order valence-electron chi connectivity index (χ1n) is 7.16. The van der Waals surface area contributed by atoms with Crippen molar-refractivity contribution in [2.45, 2.75) is 6.18 Å². The summed E-state index contributed by atoms with van der Waals surface area (Å²) in [6, 6.07) is 4.81. The number of halogens is 5. The van der Waals surface area contributed by atoms with Gasteiger partial charge in [-0.3, -0.25) is 4.79 Å². The van der Waals surface area contributed by atoms with Crippen molar-refractivity contribution >= 4 is 45.6 Å². The lowest BCUT2D eigenvalue weighted by Gasteiger charge is -2.34. The molecule has 0 N–H and O–H groups in total. The minimum absolute atomic E-state index is 0.190. The highest BCUT2D eigenvalue weighted by atomic mass is 35.5. The second kappa shape index (κ2) is 6.97. The third kappa shape index (κ3) is 3.83. The van der Waals surface area contributed by atoms with Crippen LogP contribution in [0, 0.1) is 0 Å². The van der Waals surface area contributed by atoms with Crippen LogP contribution in [0.3, 0.4) is 0 Å². The van der Waals surface area contributed by atoms with E-state index in [-0.39, 0.29) is 26.6 Å². The van der Waals surface area contributed by atoms with Gasteiger partial charge < -0.3 is 9.80 Å². The van der Waals surface area contributed by atoms with E-state index in [9.17, 15) is 18.0 Å². The van der Waals surface area contributed by atoms with Crippen LogP contribution in [-0.2, 0) is 6.18 Å². The largest absolute Gasteiger partial charge is 0.445 e. The number of carbonyl (C=O) groups excluding carboxylic acids is 1. The molecule has 1 amide bonds. The number of hydrogen-bond donors (Lipinski definition) is 0. The Kier molecular flexibility index (Phi) is 5.08. The molecule has 1 saturated heterocycles. The number of anilines is 1. The van der Waals surface area contributed by atoms with Crippen LogP contribution in [0.25, 0.3) is 0 Å². The van der Waals surface area contributed by atoms with Gasteiger partial charge in [-0.25, -0.2) is 0 Å². The fraction of sp³-hybridized carbons (Fsp3) is 0.357. The molecule has 2 aromatic rings. The molecule has 0 bridgehead atoms. The van der Waals surface area contributed by atoms with Gasteiger partial charge in [-0.2, -0.15) is 13.2 Å². The molecule has 134 valence electrons. The van der Waals surface area contributed by atoms with Crippen molar-refractivity contribution in [1.82, 2.24) is 15.1 Å². The first-order chi connectivity index (χ1) is 11.8. The molecule has 0 saturated carbocycles. The van der Waals surface area contributed by atoms with E-state index in [1.807, 2.05) is 0 Å². The van der Waals surface area contributed by atoms with Crippen molar-refractivity contribution in [3.05, 3.63) is 38.8 Å². The number of carbonyl (C=O) groups is 1. The molecule has 1 aromatic heterocycles. The number of aromatic nitrogens is 2. The van der Waals surface area contributed by atoms with E-state index >= 15 is 0 Å². The summed E-state index contributed by atoms with van der Waals surface area (Å²) < 4.78 is 37.8. The van der Waals surface area contributed by atoms with Crippen LogP contribution in [0.15, 0.2) is 18.2 Å². The van der Waals surface area contributed by atoms with Crippen LogP contribution in [0.2, 0.25) is 10.0 Å². The van der Waals surface area contributed by atoms with Crippen molar-refractivity contribution in [3.63, 3.8) is 0 Å². The minimum Gasteiger partial charge on any atom is -0.343 e. The lowest BCUT2D eigenvalue weighted by Crippen LogP contribution is -2.48. The molecule has 3 rings (SSSR count). The summed E-state index contributed by atoms with van der Waals surface area (Å²) in [7, 11) is 0. The highest BCUT2D eigenvalue weighted by Gasteiger charge is 2.36. The average molecular weight is 411 g/mol. The van der Waals surface area contributed by atoms with E-state index in [0.717, 1.165) is 0 Å². The van der Waals surface area contributed by atoms with Crippen molar-refractivity contribution in [1.29, 1.82) is 0 Å². The molecule has 1 aliphatic rings. The van der Waals surface area contributed by atoms with Gasteiger partial charge in [0.1, 0.15) is 0 Å². The number of rotatable bonds is 2. The van der Waals surface area contributed by atoms with Gasteiger partial charge in [0.25, 0.3) is 5.91 Å². The molecule has 5 nitrogen and oxygen atoms in total. The molecule has 0 atom stereocenters. The number of nitrogens with zero attached hydrogens (tertiary/aromatic N) is 4. The Hall–Kier alpha value is -1.58. The molecule has 0 spiro atoms. The van der Waals surface area contributed by atoms with Crippen LogP contribution in [-0.4, -0.2) is 47.2 Å². The van der Waals surface area contributed by atoms with Gasteiger partial charge >= 0.3 is 6.18 Å². The van der Waals surface area contributed by atoms with Gasteiger partial charge in [0.15, 0.2) is 0 Å². The van der Waals surface area contributed by atoms with Gasteiger partial charge in [-0.1, -0.05) is 40.6 Å². The van der Waals surface area contributed by atoms with Crippen LogP contribution >= 0.6 is 34.5 Å². The van der Waals surface area contributed by atoms with E-state index in [4.69, 9.17) is 23.2 Å². The van der Waals surface area contributed by atoms with Gasteiger partial charge in [-0.15, -0.1) is 10.2 Å². The molecule has 0 aliphatic carbocycles. The Balaban J connectivity index is 1.68. The first-order valence-corrected chi connectivity index (χ1v) is 8.73. The maximum absolute atomic E-state index is 12.6. The van der Waals surface area contributed by atoms with Crippen LogP contribution in [0.5, 0.6) is 0 Å². The van der Waals surface area contributed by atoms with Gasteiger partial charge in [-0.05, 0) is 12.1 Å². The number of alkyl halides is 3. The Morgan fingerprint density at radius 3 is 2.20 bits per heavy atom. The third-order valence-corrected chi connectivity index (χ3v) is 5.33. The summed E-state index contributed by atoms with van der Waals surface area (Å²) in [6.07, 6.45) is -4.51. The van der Waals surface area contributed by atoms with E-state index in [1.165, 1.54) is 0 Å². The quantitative estimate of drug-likeness (QED) is 0.754. The summed E-state index contributed by atoms with van der Waals surface area (Å²) in [4.78, 5) is 15.8. The average Bonchev–Trinajstić information content (AvgIpc) is 3.05. The smallest absolute Gasteiger partial charge is 0.343 e. The van der Waals surface area contributed by atoms with Gasteiger partial charge in [0.05, 0.1) is 15.6 Å². The van der Waals surface area contributed by atoms with E-state index in [0.29, 0.717) is 37.5 Å². The molecular formula is C14H11Cl2F3N4OS. The van der Waals surface area contributed by atoms with Crippen LogP contribution < -0.4 is 4.90 Å². The van der Waals surface area contributed by atoms with Gasteiger partial charge in [0, 0.05) is 26.2 Å². The first kappa shape index (κ1) is 18.2. The minimum atomic E-state index is -4.51. The Bertz CT molecular complexity index is 770. The maximum Gasteiger partial charge on any atom is 0.445 e. The zero-order valence-corrected chi connectivity index (χ0v) is 14.9. The summed E-state index contributed by atoms with van der Waals surface area (Å²) in [5.41, 5.74) is 0.231. The van der Waals surface area contributed by atoms with E-state index < -0.39 is 11.2 Å². The number of piperazine rings is 1. The summed E-state index contributed by atoms with van der Waals surface area (Å²) >= 11 is 12.6. The van der Waals surface area contributed by atoms with Crippen molar-refractivity contribution in [2.24, 2.45) is 0 Å². The van der Waals surface area contributed by atoms with Crippen molar-refractivity contribution < 1.29 is 18.0 Å². The number of hydrogen-bond acceptors (Lipinski definition) is 5. The molecule has 2 heterocycles. The molecule has 1 aliphatic heterocycles. The monoisotopic (exact) mass is 410 g/mol. The van der Waals surface area contributed by atoms with Crippen LogP contribution in [0.1, 0.15) is 15.4 Å². The second-order valence-electron chi connectivity index (χ2n) is 5.26. The molecule has 1 fully saturated rings. The highest BCUT2D eigenvalue weighted by Crippen LogP contribution is 2.34. The normalized spacial score (nSPS) is 15.6. The Morgan fingerprint density at radius 1 is 1.08 bits per heavy atom. The predicted octanol–water partition coefficient (Wildman–Crippen LogP) is 3.83. The van der Waals surface area contributed by atoms with E-state index in [2.05, 4.69) is 10.2 Å². The number of amides is 1. The van der Waals surface area contributed by atoms with Crippen molar-refractivity contribution in [3.8, 4) is 0 Å². The molecule has 11 heteroatoms. The van der Waals surface area contributed by atoms with E-state index in [1.54, 1.807) is 28.0 Å². The predicted molar refractivity (Wildman–Crippen MR) is 89.5 cm³/mol. The lowest BCUT2D eigenvalue weighted by atomic mass is 10.2. The zero-order chi connectivity index (χ0) is 18.2. The Morgan fingerprint density at radius 2 is 1.68 bits per heavy atom. The summed E-state index contributed by atoms with van der Waals surface area (Å²) in [6.45, 7) is 1.34. The van der Waals surface area contributed by atoms with Gasteiger partial charge in [0.2, 0.25) is 10.1 Å². The molecule has 1 aromatic carbocycles. The standard InChI is InChI=1S/C14H11Cl2F3N4OS/c15-8-2-1-3-9(16)10(8)11(24)22-4-6-23(7-5-22)13-21-20-12(25-13)14(17,18)19/h1-3H,4-7H2. The molecule has 0 radical (unpaired) electrons. The SMILES string of the molecule is O=C(c1c(Cl)cccc1Cl)N1CCN(c2nnc(C(F)(F)F)s2)CC1. The third-order valence-electron chi connectivity index (χ3n) is 3.67. The lowest BCUT2D eigenvalue weighted by molar-refractivity contribution is -0.138. The zero-order valence-electron chi connectivity index (χ0n) is 12.6. The Labute approximate surface area is 155 Å². The topological polar surface area (TPSA) is 49.3 Å². The highest BCUT2D eigenvalue weighted by molar-refractivity contribution is 7.15. The molecule has 0 unspecified atom stereocenters. The fourth-order valence-electron chi connectivity index (χ4n) is 2.42. The summed E-state index contributed by atoms with van der Waals surface area (Å²) in [5.74, 6) is -0.302. The summed E-state index contributed by atoms with van der Waals surface area (Å²) in [5, 5.41) is 6.50. The van der Waals surface area contributed by atoms with Crippen molar-refractivity contribution in [2.75, 3.05) is 31.1 Å². The molecular weight excluding hydrogens is 400 g/mol. The second-order valence-corrected chi connectivity index (χ2v) is 7.03. The molecule has 25 heavy (non-hydrogen) atoms. The maximum atomic E-state index is 12.6.